The van der Waals surface area contributed by atoms with Crippen LogP contribution in [0.3, 0.4) is 0 Å². The maximum absolute atomic E-state index is 14.0. The van der Waals surface area contributed by atoms with E-state index >= 15 is 0 Å². The molecule has 0 spiro atoms. The van der Waals surface area contributed by atoms with Gasteiger partial charge in [-0.2, -0.15) is 0 Å². The molecule has 0 aliphatic rings. The minimum atomic E-state index is -0.621. The average Bonchev–Trinajstić information content (AvgIpc) is 2.71. The third-order valence-corrected chi connectivity index (χ3v) is 6.61. The highest BCUT2D eigenvalue weighted by Crippen LogP contribution is 2.31. The van der Waals surface area contributed by atoms with Gasteiger partial charge in [0.2, 0.25) is 0 Å². The van der Waals surface area contributed by atoms with E-state index in [1.165, 1.54) is 101 Å². The van der Waals surface area contributed by atoms with Crippen molar-refractivity contribution in [2.24, 2.45) is 0 Å². The van der Waals surface area contributed by atoms with Crippen LogP contribution in [0.1, 0.15) is 96.8 Å². The predicted molar refractivity (Wildman–Crippen MR) is 118 cm³/mol. The second kappa shape index (κ2) is 18.4. The minimum absolute atomic E-state index is 0.0361. The van der Waals surface area contributed by atoms with Crippen molar-refractivity contribution in [1.82, 2.24) is 0 Å². The standard InChI is InChI=1S/C22H36F2O3S2/c1-2-3-4-5-6-7-8-9-10-11-12-13-14-15-16-28-22-20(23)17-19(18-21(22)24)29-27-26-25/h17-18,25H,2-16H2,1H3. The number of unbranched alkanes of at least 4 members (excludes halogenated alkanes) is 13. The van der Waals surface area contributed by atoms with E-state index in [9.17, 15) is 8.78 Å². The average molecular weight is 451 g/mol. The van der Waals surface area contributed by atoms with Crippen LogP contribution in [0.4, 0.5) is 8.78 Å². The molecule has 0 bridgehead atoms. The predicted octanol–water partition coefficient (Wildman–Crippen LogP) is 8.97. The summed E-state index contributed by atoms with van der Waals surface area (Å²) < 4.78 is 32.2. The summed E-state index contributed by atoms with van der Waals surface area (Å²) in [7, 11) is 0. The number of hydrogen-bond donors (Lipinski definition) is 1. The van der Waals surface area contributed by atoms with Gasteiger partial charge in [0.1, 0.15) is 11.6 Å². The van der Waals surface area contributed by atoms with E-state index < -0.39 is 11.6 Å². The Labute approximate surface area is 183 Å². The number of halogens is 2. The molecule has 0 aromatic heterocycles. The van der Waals surface area contributed by atoms with Crippen LogP contribution in [-0.4, -0.2) is 11.0 Å². The zero-order valence-corrected chi connectivity index (χ0v) is 19.2. The van der Waals surface area contributed by atoms with E-state index in [2.05, 4.69) is 16.3 Å². The van der Waals surface area contributed by atoms with Crippen LogP contribution in [0.2, 0.25) is 0 Å². The van der Waals surface area contributed by atoms with E-state index in [1.807, 2.05) is 0 Å². The first-order valence-corrected chi connectivity index (χ1v) is 12.7. The number of thioether (sulfide) groups is 1. The Bertz CT molecular complexity index is 510. The summed E-state index contributed by atoms with van der Waals surface area (Å²) in [5.74, 6) is -0.539. The minimum Gasteiger partial charge on any atom is -0.220 e. The summed E-state index contributed by atoms with van der Waals surface area (Å²) in [6, 6.07) is 2.33. The van der Waals surface area contributed by atoms with Crippen LogP contribution >= 0.6 is 23.8 Å². The van der Waals surface area contributed by atoms with Crippen LogP contribution < -0.4 is 0 Å². The van der Waals surface area contributed by atoms with E-state index in [4.69, 9.17) is 5.26 Å². The van der Waals surface area contributed by atoms with Crippen molar-refractivity contribution in [2.45, 2.75) is 107 Å². The van der Waals surface area contributed by atoms with Gasteiger partial charge >= 0.3 is 0 Å². The van der Waals surface area contributed by atoms with Gasteiger partial charge < -0.3 is 0 Å². The van der Waals surface area contributed by atoms with E-state index in [0.717, 1.165) is 12.8 Å². The third kappa shape index (κ3) is 13.6. The first-order valence-electron chi connectivity index (χ1n) is 11.0. The van der Waals surface area contributed by atoms with Gasteiger partial charge in [-0.05, 0) is 24.3 Å². The highest BCUT2D eigenvalue weighted by atomic mass is 32.2. The molecule has 3 nitrogen and oxygen atoms in total. The summed E-state index contributed by atoms with van der Waals surface area (Å²) in [5.41, 5.74) is 0. The molecule has 7 heteroatoms. The van der Waals surface area contributed by atoms with E-state index in [1.54, 1.807) is 0 Å². The molecule has 0 saturated carbocycles. The van der Waals surface area contributed by atoms with Gasteiger partial charge in [-0.3, -0.25) is 0 Å². The number of rotatable bonds is 19. The lowest BCUT2D eigenvalue weighted by atomic mass is 10.0. The second-order valence-electron chi connectivity index (χ2n) is 7.39. The molecule has 0 radical (unpaired) electrons. The third-order valence-electron chi connectivity index (χ3n) is 4.88. The van der Waals surface area contributed by atoms with E-state index in [-0.39, 0.29) is 9.79 Å². The van der Waals surface area contributed by atoms with E-state index in [0.29, 0.717) is 17.8 Å². The summed E-state index contributed by atoms with van der Waals surface area (Å²) in [4.78, 5) is 0.226. The lowest BCUT2D eigenvalue weighted by molar-refractivity contribution is -0.432. The Morgan fingerprint density at radius 2 is 1.21 bits per heavy atom. The Morgan fingerprint density at radius 1 is 0.759 bits per heavy atom. The zero-order chi connectivity index (χ0) is 21.2. The lowest BCUT2D eigenvalue weighted by Gasteiger charge is -2.07. The monoisotopic (exact) mass is 450 g/mol. The van der Waals surface area contributed by atoms with Crippen LogP contribution in [0.25, 0.3) is 0 Å². The van der Waals surface area contributed by atoms with Crippen LogP contribution in [0.15, 0.2) is 21.9 Å². The fourth-order valence-electron chi connectivity index (χ4n) is 3.25. The van der Waals surface area contributed by atoms with Crippen molar-refractivity contribution in [1.29, 1.82) is 0 Å². The molecular weight excluding hydrogens is 414 g/mol. The highest BCUT2D eigenvalue weighted by Gasteiger charge is 2.12. The molecule has 1 aromatic carbocycles. The fourth-order valence-corrected chi connectivity index (χ4v) is 4.61. The van der Waals surface area contributed by atoms with Crippen molar-refractivity contribution in [2.75, 3.05) is 5.75 Å². The molecule has 1 aromatic rings. The van der Waals surface area contributed by atoms with Gasteiger partial charge in [0.25, 0.3) is 0 Å². The molecule has 0 unspecified atom stereocenters. The molecule has 1 N–H and O–H groups in total. The SMILES string of the molecule is CCCCCCCCCCCCCCCCSc1c(F)cc(SOOO)cc1F. The van der Waals surface area contributed by atoms with Crippen LogP contribution in [-0.2, 0) is 9.37 Å². The molecule has 0 fully saturated rings. The molecule has 0 atom stereocenters. The summed E-state index contributed by atoms with van der Waals surface area (Å²) in [5, 5.41) is 11.5. The summed E-state index contributed by atoms with van der Waals surface area (Å²) >= 11 is 1.75. The van der Waals surface area contributed by atoms with Crippen molar-refractivity contribution >= 4 is 23.8 Å². The maximum atomic E-state index is 14.0. The van der Waals surface area contributed by atoms with Gasteiger partial charge in [-0.25, -0.2) is 14.0 Å². The van der Waals surface area contributed by atoms with Crippen molar-refractivity contribution in [3.8, 4) is 0 Å². The first-order chi connectivity index (χ1) is 14.2. The smallest absolute Gasteiger partial charge is 0.140 e. The molecular formula is C22H36F2O3S2. The number of hydrogen-bond acceptors (Lipinski definition) is 5. The topological polar surface area (TPSA) is 38.7 Å². The number of benzene rings is 1. The Hall–Kier alpha value is -0.340. The summed E-state index contributed by atoms with van der Waals surface area (Å²) in [6.45, 7) is 2.25. The molecule has 0 aliphatic heterocycles. The second-order valence-corrected chi connectivity index (χ2v) is 9.27. The molecule has 0 amide bonds. The Kier molecular flexibility index (Phi) is 17.0. The molecule has 0 heterocycles. The van der Waals surface area contributed by atoms with Crippen molar-refractivity contribution in [3.63, 3.8) is 0 Å². The van der Waals surface area contributed by atoms with Gasteiger partial charge in [-0.15, -0.1) is 16.1 Å². The largest absolute Gasteiger partial charge is 0.220 e. The Morgan fingerprint density at radius 3 is 1.66 bits per heavy atom. The van der Waals surface area contributed by atoms with Gasteiger partial charge in [0, 0.05) is 4.90 Å². The Balaban J connectivity index is 1.98. The first kappa shape index (κ1) is 26.7. The van der Waals surface area contributed by atoms with Gasteiger partial charge in [0.15, 0.2) is 0 Å². The normalized spacial score (nSPS) is 11.3. The summed E-state index contributed by atoms with van der Waals surface area (Å²) in [6.07, 6.45) is 18.1. The lowest BCUT2D eigenvalue weighted by Crippen LogP contribution is -1.92. The maximum Gasteiger partial charge on any atom is 0.140 e. The van der Waals surface area contributed by atoms with Gasteiger partial charge in [-0.1, -0.05) is 95.4 Å². The zero-order valence-electron chi connectivity index (χ0n) is 17.6. The molecule has 0 saturated heterocycles. The quantitative estimate of drug-likeness (QED) is 0.0748. The molecule has 168 valence electrons. The highest BCUT2D eigenvalue weighted by molar-refractivity contribution is 7.99. The molecule has 0 aliphatic carbocycles. The van der Waals surface area contributed by atoms with Crippen LogP contribution in [0, 0.1) is 11.6 Å². The fraction of sp³-hybridized carbons (Fsp3) is 0.727. The van der Waals surface area contributed by atoms with Crippen LogP contribution in [0.5, 0.6) is 0 Å². The van der Waals surface area contributed by atoms with Gasteiger partial charge in [0.05, 0.1) is 16.9 Å². The van der Waals surface area contributed by atoms with Crippen molar-refractivity contribution < 1.29 is 23.4 Å². The molecule has 1 rings (SSSR count). The molecule has 29 heavy (non-hydrogen) atoms. The van der Waals surface area contributed by atoms with Crippen molar-refractivity contribution in [3.05, 3.63) is 23.8 Å².